The minimum absolute atomic E-state index is 0.0580. The van der Waals surface area contributed by atoms with E-state index in [1.165, 1.54) is 7.11 Å². The molecule has 0 N–H and O–H groups in total. The zero-order valence-corrected chi connectivity index (χ0v) is 39.1. The molecule has 0 aromatic heterocycles. The SMILES string of the molecule is CO[C@H]1O[C@H](CO[C@@H]2O[C@H](COC(=O)Cc3ccccc3C#N)C[C@H](OC(=O)c3ccccc3)[C@H]2OC(=O)c2ccccc2)[C@@H](OCc2ccccc2)[C@H](OCc2ccccc2)[C@H]1OCc1ccccc1. The zero-order valence-electron chi connectivity index (χ0n) is 39.1. The molecule has 2 heterocycles. The van der Waals surface area contributed by atoms with E-state index in [4.69, 9.17) is 47.4 Å². The maximum Gasteiger partial charge on any atom is 0.338 e. The summed E-state index contributed by atoms with van der Waals surface area (Å²) in [6.45, 7) is 0.0385. The van der Waals surface area contributed by atoms with Crippen molar-refractivity contribution in [3.8, 4) is 6.07 Å². The van der Waals surface area contributed by atoms with Crippen LogP contribution in [0.4, 0.5) is 0 Å². The molecule has 0 amide bonds. The monoisotopic (exact) mass is 961 g/mol. The molecule has 0 radical (unpaired) electrons. The number of carbonyl (C=O) groups is 3. The molecule has 0 spiro atoms. The number of hydrogen-bond donors (Lipinski definition) is 0. The van der Waals surface area contributed by atoms with Gasteiger partial charge in [-0.3, -0.25) is 4.79 Å². The molecular formula is C57H55NO13. The summed E-state index contributed by atoms with van der Waals surface area (Å²) in [5.41, 5.74) is 4.07. The minimum atomic E-state index is -1.43. The van der Waals surface area contributed by atoms with Crippen molar-refractivity contribution in [2.45, 2.75) is 88.0 Å². The van der Waals surface area contributed by atoms with Gasteiger partial charge in [0, 0.05) is 13.5 Å². The molecule has 0 bridgehead atoms. The Kier molecular flexibility index (Phi) is 18.2. The van der Waals surface area contributed by atoms with Gasteiger partial charge in [-0.25, -0.2) is 9.59 Å². The third-order valence-corrected chi connectivity index (χ3v) is 12.0. The smallest absolute Gasteiger partial charge is 0.338 e. The Hall–Kier alpha value is -7.06. The number of nitriles is 1. The van der Waals surface area contributed by atoms with E-state index in [9.17, 15) is 19.6 Å². The quantitative estimate of drug-likeness (QED) is 0.0499. The van der Waals surface area contributed by atoms with Gasteiger partial charge in [-0.15, -0.1) is 0 Å². The van der Waals surface area contributed by atoms with Crippen LogP contribution in [0.5, 0.6) is 0 Å². The lowest BCUT2D eigenvalue weighted by Gasteiger charge is -2.46. The normalized spacial score (nSPS) is 22.9. The third-order valence-electron chi connectivity index (χ3n) is 12.0. The van der Waals surface area contributed by atoms with Gasteiger partial charge in [0.05, 0.1) is 61.7 Å². The van der Waals surface area contributed by atoms with Crippen molar-refractivity contribution in [3.05, 3.63) is 215 Å². The summed E-state index contributed by atoms with van der Waals surface area (Å²) < 4.78 is 64.2. The first-order chi connectivity index (χ1) is 34.8. The number of benzene rings is 6. The Bertz CT molecular complexity index is 2640. The van der Waals surface area contributed by atoms with Gasteiger partial charge in [-0.05, 0) is 52.6 Å². The predicted octanol–water partition coefficient (Wildman–Crippen LogP) is 8.35. The fourth-order valence-corrected chi connectivity index (χ4v) is 8.36. The van der Waals surface area contributed by atoms with Crippen LogP contribution in [0.1, 0.15) is 55.0 Å². The molecule has 2 aliphatic rings. The van der Waals surface area contributed by atoms with Gasteiger partial charge in [-0.1, -0.05) is 146 Å². The van der Waals surface area contributed by atoms with E-state index >= 15 is 0 Å². The fourth-order valence-electron chi connectivity index (χ4n) is 8.36. The van der Waals surface area contributed by atoms with E-state index in [1.54, 1.807) is 84.9 Å². The first kappa shape index (κ1) is 50.3. The highest BCUT2D eigenvalue weighted by Crippen LogP contribution is 2.34. The first-order valence-electron chi connectivity index (χ1n) is 23.4. The highest BCUT2D eigenvalue weighted by Gasteiger charge is 2.51. The highest BCUT2D eigenvalue weighted by atomic mass is 16.7. The van der Waals surface area contributed by atoms with Crippen molar-refractivity contribution in [1.29, 1.82) is 5.26 Å². The molecule has 0 saturated carbocycles. The Labute approximate surface area is 412 Å². The molecule has 0 aliphatic carbocycles. The average molecular weight is 962 g/mol. The second-order valence-electron chi connectivity index (χ2n) is 16.9. The molecule has 71 heavy (non-hydrogen) atoms. The van der Waals surface area contributed by atoms with Gasteiger partial charge in [0.2, 0.25) is 0 Å². The highest BCUT2D eigenvalue weighted by molar-refractivity contribution is 5.90. The maximum absolute atomic E-state index is 13.9. The molecule has 6 aromatic carbocycles. The van der Waals surface area contributed by atoms with Crippen LogP contribution in [0.25, 0.3) is 0 Å². The molecule has 9 atom stereocenters. The number of hydrogen-bond acceptors (Lipinski definition) is 14. The molecule has 2 fully saturated rings. The fraction of sp³-hybridized carbons (Fsp3) is 0.298. The number of methoxy groups -OCH3 is 1. The van der Waals surface area contributed by atoms with E-state index in [1.807, 2.05) is 91.0 Å². The molecule has 2 aliphatic heterocycles. The summed E-state index contributed by atoms with van der Waals surface area (Å²) in [7, 11) is 1.51. The minimum Gasteiger partial charge on any atom is -0.463 e. The summed E-state index contributed by atoms with van der Waals surface area (Å²) in [5.74, 6) is -2.03. The van der Waals surface area contributed by atoms with Crippen molar-refractivity contribution in [1.82, 2.24) is 0 Å². The third kappa shape index (κ3) is 14.1. The summed E-state index contributed by atoms with van der Waals surface area (Å²) in [6.07, 6.45) is -9.48. The standard InChI is InChI=1S/C57H55NO13/c1-62-56-53(66-36-41-23-11-4-12-24-41)52(65-35-40-21-9-3-10-22-40)50(64-34-39-19-7-2-8-20-39)48(70-56)38-67-57-51(71-55(61)43-27-15-6-16-28-43)47(69-54(60)42-25-13-5-14-26-42)32-46(68-57)37-63-49(59)31-44-29-17-18-30-45(44)33-58/h2-30,46-48,50-53,56-57H,31-32,34-38H2,1H3/t46-,47-,48+,50+,51+,52-,53+,56-,57+/m0/s1. The Morgan fingerprint density at radius 3 is 1.58 bits per heavy atom. The van der Waals surface area contributed by atoms with E-state index < -0.39 is 73.2 Å². The number of carbonyl (C=O) groups excluding carboxylic acids is 3. The molecule has 2 saturated heterocycles. The summed E-state index contributed by atoms with van der Waals surface area (Å²) in [4.78, 5) is 41.0. The van der Waals surface area contributed by atoms with Crippen LogP contribution in [-0.4, -0.2) is 93.5 Å². The second-order valence-corrected chi connectivity index (χ2v) is 16.9. The van der Waals surface area contributed by atoms with Crippen molar-refractivity contribution >= 4 is 17.9 Å². The van der Waals surface area contributed by atoms with Gasteiger partial charge in [0.15, 0.2) is 18.7 Å². The zero-order chi connectivity index (χ0) is 49.2. The average Bonchev–Trinajstić information content (AvgIpc) is 3.42. The van der Waals surface area contributed by atoms with Crippen LogP contribution in [0.2, 0.25) is 0 Å². The summed E-state index contributed by atoms with van der Waals surface area (Å²) in [5, 5.41) is 9.63. The molecular weight excluding hydrogens is 907 g/mol. The van der Waals surface area contributed by atoms with Crippen molar-refractivity contribution < 1.29 is 61.8 Å². The lowest BCUT2D eigenvalue weighted by atomic mass is 9.97. The Balaban J connectivity index is 1.10. The van der Waals surface area contributed by atoms with Crippen molar-refractivity contribution in [2.24, 2.45) is 0 Å². The van der Waals surface area contributed by atoms with Crippen molar-refractivity contribution in [3.63, 3.8) is 0 Å². The van der Waals surface area contributed by atoms with Gasteiger partial charge in [-0.2, -0.15) is 5.26 Å². The van der Waals surface area contributed by atoms with Crippen LogP contribution < -0.4 is 0 Å². The van der Waals surface area contributed by atoms with Crippen LogP contribution in [0.15, 0.2) is 176 Å². The molecule has 8 rings (SSSR count). The first-order valence-corrected chi connectivity index (χ1v) is 23.4. The van der Waals surface area contributed by atoms with Gasteiger partial charge < -0.3 is 47.4 Å². The Morgan fingerprint density at radius 1 is 0.535 bits per heavy atom. The summed E-state index contributed by atoms with van der Waals surface area (Å²) >= 11 is 0. The van der Waals surface area contributed by atoms with Crippen LogP contribution >= 0.6 is 0 Å². The number of rotatable bonds is 21. The summed E-state index contributed by atoms with van der Waals surface area (Å²) in [6, 6.07) is 54.7. The molecule has 14 nitrogen and oxygen atoms in total. The van der Waals surface area contributed by atoms with Gasteiger partial charge >= 0.3 is 17.9 Å². The van der Waals surface area contributed by atoms with E-state index in [0.717, 1.165) is 16.7 Å². The number of esters is 3. The van der Waals surface area contributed by atoms with Crippen LogP contribution in [-0.2, 0) is 78.4 Å². The lowest BCUT2D eigenvalue weighted by Crippen LogP contribution is -2.62. The lowest BCUT2D eigenvalue weighted by molar-refractivity contribution is -0.335. The van der Waals surface area contributed by atoms with E-state index in [-0.39, 0.29) is 57.0 Å². The number of nitrogens with zero attached hydrogens (tertiary/aromatic N) is 1. The molecule has 366 valence electrons. The molecule has 6 aromatic rings. The molecule has 0 unspecified atom stereocenters. The second kappa shape index (κ2) is 25.7. The Morgan fingerprint density at radius 2 is 1.03 bits per heavy atom. The topological polar surface area (TPSA) is 167 Å². The van der Waals surface area contributed by atoms with Crippen LogP contribution in [0.3, 0.4) is 0 Å². The predicted molar refractivity (Wildman–Crippen MR) is 257 cm³/mol. The van der Waals surface area contributed by atoms with Crippen LogP contribution in [0, 0.1) is 11.3 Å². The van der Waals surface area contributed by atoms with Crippen molar-refractivity contribution in [2.75, 3.05) is 20.3 Å². The van der Waals surface area contributed by atoms with Gasteiger partial charge in [0.1, 0.15) is 37.1 Å². The van der Waals surface area contributed by atoms with Gasteiger partial charge in [0.25, 0.3) is 0 Å². The maximum atomic E-state index is 13.9. The largest absolute Gasteiger partial charge is 0.463 e. The number of ether oxygens (including phenoxy) is 10. The molecule has 14 heteroatoms. The van der Waals surface area contributed by atoms with E-state index in [2.05, 4.69) is 6.07 Å². The van der Waals surface area contributed by atoms with E-state index in [0.29, 0.717) is 11.1 Å².